The molecule has 0 bridgehead atoms. The standard InChI is InChI=1S/C23H25ClN4O4/c1-29-20-4-2-16(3-5-20)23-25-21(32-26-23)13-28-8-6-27(7-9-28)12-17-10-19(24)11-18-14-30-15-31-22(17)18/h2-5,10-11H,6-9,12-15H2,1H3. The molecule has 2 aliphatic heterocycles. The van der Waals surface area contributed by atoms with Crippen LogP contribution in [-0.4, -0.2) is 60.0 Å². The molecule has 0 atom stereocenters. The molecule has 3 aromatic rings. The van der Waals surface area contributed by atoms with Crippen LogP contribution in [0.1, 0.15) is 17.0 Å². The fraction of sp³-hybridized carbons (Fsp3) is 0.391. The van der Waals surface area contributed by atoms with E-state index in [0.29, 0.717) is 24.9 Å². The monoisotopic (exact) mass is 456 g/mol. The highest BCUT2D eigenvalue weighted by Crippen LogP contribution is 2.32. The first kappa shape index (κ1) is 21.2. The molecule has 168 valence electrons. The second-order valence-corrected chi connectivity index (χ2v) is 8.39. The highest BCUT2D eigenvalue weighted by Gasteiger charge is 2.23. The number of halogens is 1. The maximum absolute atomic E-state index is 6.31. The summed E-state index contributed by atoms with van der Waals surface area (Å²) in [5.41, 5.74) is 3.04. The number of aromatic nitrogens is 2. The average Bonchev–Trinajstić information content (AvgIpc) is 3.29. The van der Waals surface area contributed by atoms with Crippen molar-refractivity contribution in [2.24, 2.45) is 0 Å². The molecule has 0 spiro atoms. The van der Waals surface area contributed by atoms with Gasteiger partial charge in [-0.2, -0.15) is 4.98 Å². The normalized spacial score (nSPS) is 17.1. The van der Waals surface area contributed by atoms with Crippen molar-refractivity contribution in [3.63, 3.8) is 0 Å². The molecule has 0 aliphatic carbocycles. The van der Waals surface area contributed by atoms with E-state index in [2.05, 4.69) is 19.9 Å². The summed E-state index contributed by atoms with van der Waals surface area (Å²) >= 11 is 6.31. The Labute approximate surface area is 191 Å². The van der Waals surface area contributed by atoms with Crippen LogP contribution in [0.4, 0.5) is 0 Å². The average molecular weight is 457 g/mol. The lowest BCUT2D eigenvalue weighted by Gasteiger charge is -2.34. The number of ether oxygens (including phenoxy) is 3. The van der Waals surface area contributed by atoms with Gasteiger partial charge in [-0.05, 0) is 36.4 Å². The Balaban J connectivity index is 1.16. The number of methoxy groups -OCH3 is 1. The summed E-state index contributed by atoms with van der Waals surface area (Å²) in [4.78, 5) is 9.31. The zero-order chi connectivity index (χ0) is 21.9. The molecule has 1 saturated heterocycles. The van der Waals surface area contributed by atoms with Crippen molar-refractivity contribution in [2.75, 3.05) is 40.1 Å². The van der Waals surface area contributed by atoms with Crippen LogP contribution in [0.25, 0.3) is 11.4 Å². The first-order valence-corrected chi connectivity index (χ1v) is 11.0. The van der Waals surface area contributed by atoms with Gasteiger partial charge in [-0.25, -0.2) is 0 Å². The minimum atomic E-state index is 0.290. The molecule has 0 radical (unpaired) electrons. The topological polar surface area (TPSA) is 73.1 Å². The van der Waals surface area contributed by atoms with Crippen LogP contribution in [0.2, 0.25) is 5.02 Å². The van der Waals surface area contributed by atoms with Crippen LogP contribution >= 0.6 is 11.6 Å². The molecule has 0 amide bonds. The summed E-state index contributed by atoms with van der Waals surface area (Å²) in [7, 11) is 1.65. The predicted octanol–water partition coefficient (Wildman–Crippen LogP) is 3.58. The molecule has 5 rings (SSSR count). The lowest BCUT2D eigenvalue weighted by molar-refractivity contribution is -0.0176. The van der Waals surface area contributed by atoms with Crippen molar-refractivity contribution in [3.05, 3.63) is 58.4 Å². The molecule has 1 fully saturated rings. The third kappa shape index (κ3) is 4.73. The molecule has 2 aromatic carbocycles. The Morgan fingerprint density at radius 2 is 1.78 bits per heavy atom. The van der Waals surface area contributed by atoms with E-state index in [1.165, 1.54) is 0 Å². The van der Waals surface area contributed by atoms with E-state index in [1.54, 1.807) is 7.11 Å². The molecule has 0 N–H and O–H groups in total. The third-order valence-corrected chi connectivity index (χ3v) is 6.00. The number of nitrogens with zero attached hydrogens (tertiary/aromatic N) is 4. The van der Waals surface area contributed by atoms with Crippen LogP contribution in [0.15, 0.2) is 40.9 Å². The number of benzene rings is 2. The number of fused-ring (bicyclic) bond motifs is 1. The smallest absolute Gasteiger partial charge is 0.241 e. The van der Waals surface area contributed by atoms with Gasteiger partial charge in [-0.1, -0.05) is 16.8 Å². The minimum Gasteiger partial charge on any atom is -0.497 e. The van der Waals surface area contributed by atoms with Crippen LogP contribution in [0.5, 0.6) is 11.5 Å². The predicted molar refractivity (Wildman–Crippen MR) is 119 cm³/mol. The van der Waals surface area contributed by atoms with Gasteiger partial charge in [0, 0.05) is 54.4 Å². The lowest BCUT2D eigenvalue weighted by atomic mass is 10.1. The maximum atomic E-state index is 6.31. The third-order valence-electron chi connectivity index (χ3n) is 5.79. The molecule has 2 aliphatic rings. The van der Waals surface area contributed by atoms with Crippen LogP contribution < -0.4 is 9.47 Å². The molecule has 9 heteroatoms. The van der Waals surface area contributed by atoms with E-state index in [1.807, 2.05) is 36.4 Å². The van der Waals surface area contributed by atoms with Gasteiger partial charge in [-0.15, -0.1) is 0 Å². The van der Waals surface area contributed by atoms with E-state index < -0.39 is 0 Å². The first-order chi connectivity index (χ1) is 15.7. The van der Waals surface area contributed by atoms with Gasteiger partial charge in [0.15, 0.2) is 6.79 Å². The largest absolute Gasteiger partial charge is 0.497 e. The fourth-order valence-corrected chi connectivity index (χ4v) is 4.35. The highest BCUT2D eigenvalue weighted by molar-refractivity contribution is 6.30. The van der Waals surface area contributed by atoms with Crippen LogP contribution in [-0.2, 0) is 24.4 Å². The van der Waals surface area contributed by atoms with Gasteiger partial charge >= 0.3 is 0 Å². The number of piperazine rings is 1. The van der Waals surface area contributed by atoms with Crippen molar-refractivity contribution < 1.29 is 18.7 Å². The number of hydrogen-bond acceptors (Lipinski definition) is 8. The lowest BCUT2D eigenvalue weighted by Crippen LogP contribution is -2.45. The van der Waals surface area contributed by atoms with E-state index >= 15 is 0 Å². The molecule has 0 saturated carbocycles. The SMILES string of the molecule is COc1ccc(-c2noc(CN3CCN(Cc4cc(Cl)cc5c4OCOC5)CC3)n2)cc1. The maximum Gasteiger partial charge on any atom is 0.241 e. The fourth-order valence-electron chi connectivity index (χ4n) is 4.09. The Morgan fingerprint density at radius 3 is 2.53 bits per heavy atom. The van der Waals surface area contributed by atoms with Crippen molar-refractivity contribution in [1.29, 1.82) is 0 Å². The summed E-state index contributed by atoms with van der Waals surface area (Å²) in [5.74, 6) is 2.94. The Bertz CT molecular complexity index is 1060. The molecule has 1 aromatic heterocycles. The first-order valence-electron chi connectivity index (χ1n) is 10.6. The number of rotatable bonds is 6. The highest BCUT2D eigenvalue weighted by atomic mass is 35.5. The minimum absolute atomic E-state index is 0.290. The Kier molecular flexibility index (Phi) is 6.27. The second-order valence-electron chi connectivity index (χ2n) is 7.96. The molecular formula is C23H25ClN4O4. The molecule has 32 heavy (non-hydrogen) atoms. The zero-order valence-electron chi connectivity index (χ0n) is 17.9. The summed E-state index contributed by atoms with van der Waals surface area (Å²) < 4.78 is 21.8. The van der Waals surface area contributed by atoms with Crippen molar-refractivity contribution in [3.8, 4) is 22.9 Å². The van der Waals surface area contributed by atoms with Gasteiger partial charge in [0.2, 0.25) is 11.7 Å². The Hall–Kier alpha value is -2.65. The van der Waals surface area contributed by atoms with E-state index in [4.69, 9.17) is 30.3 Å². The zero-order valence-corrected chi connectivity index (χ0v) is 18.7. The summed E-state index contributed by atoms with van der Waals surface area (Å²) in [6.07, 6.45) is 0. The number of hydrogen-bond donors (Lipinski definition) is 0. The molecule has 8 nitrogen and oxygen atoms in total. The summed E-state index contributed by atoms with van der Waals surface area (Å²) in [6, 6.07) is 11.5. The second kappa shape index (κ2) is 9.46. The van der Waals surface area contributed by atoms with Crippen molar-refractivity contribution >= 4 is 11.6 Å². The molecule has 0 unspecified atom stereocenters. The Morgan fingerprint density at radius 1 is 1.03 bits per heavy atom. The summed E-state index contributed by atoms with van der Waals surface area (Å²) in [6.45, 7) is 6.01. The van der Waals surface area contributed by atoms with Gasteiger partial charge in [0.1, 0.15) is 11.5 Å². The van der Waals surface area contributed by atoms with Crippen molar-refractivity contribution in [2.45, 2.75) is 19.7 Å². The summed E-state index contributed by atoms with van der Waals surface area (Å²) in [5, 5.41) is 4.84. The van der Waals surface area contributed by atoms with E-state index in [-0.39, 0.29) is 6.79 Å². The van der Waals surface area contributed by atoms with Crippen LogP contribution in [0, 0.1) is 0 Å². The van der Waals surface area contributed by atoms with Gasteiger partial charge < -0.3 is 18.7 Å². The molecular weight excluding hydrogens is 432 g/mol. The van der Waals surface area contributed by atoms with E-state index in [0.717, 1.165) is 65.9 Å². The molecule has 3 heterocycles. The van der Waals surface area contributed by atoms with Gasteiger partial charge in [0.25, 0.3) is 0 Å². The van der Waals surface area contributed by atoms with Gasteiger partial charge in [0.05, 0.1) is 20.3 Å². The van der Waals surface area contributed by atoms with E-state index in [9.17, 15) is 0 Å². The van der Waals surface area contributed by atoms with Crippen molar-refractivity contribution in [1.82, 2.24) is 19.9 Å². The van der Waals surface area contributed by atoms with Crippen LogP contribution in [0.3, 0.4) is 0 Å². The quantitative estimate of drug-likeness (QED) is 0.557. The van der Waals surface area contributed by atoms with Gasteiger partial charge in [-0.3, -0.25) is 9.80 Å².